The zero-order valence-corrected chi connectivity index (χ0v) is 9.07. The summed E-state index contributed by atoms with van der Waals surface area (Å²) in [5.74, 6) is 0.122. The van der Waals surface area contributed by atoms with Crippen molar-refractivity contribution in [3.05, 3.63) is 34.3 Å². The standard InChI is InChI=1S/C11H11ClFNO/c1-2-6-7-3-4-8(12)10(13)11(7)15-9(6)5-14/h3-4H,2,5,14H2,1H3. The number of fused-ring (bicyclic) bond motifs is 1. The van der Waals surface area contributed by atoms with Crippen LogP contribution in [0.5, 0.6) is 0 Å². The topological polar surface area (TPSA) is 39.2 Å². The van der Waals surface area contributed by atoms with E-state index in [4.69, 9.17) is 21.8 Å². The average Bonchev–Trinajstić information content (AvgIpc) is 2.61. The monoisotopic (exact) mass is 227 g/mol. The smallest absolute Gasteiger partial charge is 0.184 e. The Balaban J connectivity index is 2.82. The highest BCUT2D eigenvalue weighted by Crippen LogP contribution is 2.31. The third-order valence-corrected chi connectivity index (χ3v) is 2.77. The van der Waals surface area contributed by atoms with Crippen LogP contribution in [-0.4, -0.2) is 0 Å². The molecule has 1 heterocycles. The van der Waals surface area contributed by atoms with Crippen molar-refractivity contribution >= 4 is 22.6 Å². The Labute approximate surface area is 91.8 Å². The predicted octanol–water partition coefficient (Wildman–Crippen LogP) is 3.25. The van der Waals surface area contributed by atoms with Crippen LogP contribution in [0.15, 0.2) is 16.5 Å². The summed E-state index contributed by atoms with van der Waals surface area (Å²) in [6.07, 6.45) is 0.764. The van der Waals surface area contributed by atoms with Crippen molar-refractivity contribution in [2.24, 2.45) is 5.73 Å². The second-order valence-corrected chi connectivity index (χ2v) is 3.71. The number of benzene rings is 1. The molecule has 0 aliphatic carbocycles. The zero-order chi connectivity index (χ0) is 11.0. The van der Waals surface area contributed by atoms with E-state index < -0.39 is 5.82 Å². The second-order valence-electron chi connectivity index (χ2n) is 3.30. The normalized spacial score (nSPS) is 11.2. The Morgan fingerprint density at radius 2 is 2.20 bits per heavy atom. The number of rotatable bonds is 2. The minimum Gasteiger partial charge on any atom is -0.456 e. The molecule has 15 heavy (non-hydrogen) atoms. The van der Waals surface area contributed by atoms with E-state index in [1.807, 2.05) is 6.92 Å². The molecule has 2 aromatic rings. The van der Waals surface area contributed by atoms with Crippen LogP contribution in [0.1, 0.15) is 18.2 Å². The molecular weight excluding hydrogens is 217 g/mol. The Morgan fingerprint density at radius 3 is 2.80 bits per heavy atom. The summed E-state index contributed by atoms with van der Waals surface area (Å²) >= 11 is 5.67. The van der Waals surface area contributed by atoms with Crippen LogP contribution in [0.2, 0.25) is 5.02 Å². The van der Waals surface area contributed by atoms with Crippen molar-refractivity contribution in [3.8, 4) is 0 Å². The third kappa shape index (κ3) is 1.52. The number of nitrogens with two attached hydrogens (primary N) is 1. The molecule has 0 aliphatic heterocycles. The van der Waals surface area contributed by atoms with Crippen molar-refractivity contribution in [2.75, 3.05) is 0 Å². The van der Waals surface area contributed by atoms with Gasteiger partial charge < -0.3 is 10.2 Å². The van der Waals surface area contributed by atoms with Gasteiger partial charge >= 0.3 is 0 Å². The molecule has 0 bridgehead atoms. The summed E-state index contributed by atoms with van der Waals surface area (Å²) in [5, 5.41) is 0.835. The van der Waals surface area contributed by atoms with E-state index in [0.29, 0.717) is 5.76 Å². The van der Waals surface area contributed by atoms with Crippen molar-refractivity contribution in [1.29, 1.82) is 0 Å². The van der Waals surface area contributed by atoms with Gasteiger partial charge in [0.1, 0.15) is 5.76 Å². The molecule has 80 valence electrons. The van der Waals surface area contributed by atoms with Crippen LogP contribution in [0.3, 0.4) is 0 Å². The molecule has 0 unspecified atom stereocenters. The van der Waals surface area contributed by atoms with Crippen molar-refractivity contribution in [2.45, 2.75) is 19.9 Å². The molecule has 0 radical (unpaired) electrons. The van der Waals surface area contributed by atoms with Gasteiger partial charge in [-0.3, -0.25) is 0 Å². The molecule has 0 atom stereocenters. The molecule has 0 saturated carbocycles. The lowest BCUT2D eigenvalue weighted by molar-refractivity contribution is 0.518. The van der Waals surface area contributed by atoms with Gasteiger partial charge in [-0.05, 0) is 18.6 Å². The van der Waals surface area contributed by atoms with Gasteiger partial charge in [0.2, 0.25) is 0 Å². The van der Waals surface area contributed by atoms with E-state index in [0.717, 1.165) is 17.4 Å². The molecule has 1 aromatic carbocycles. The lowest BCUT2D eigenvalue weighted by Gasteiger charge is -1.95. The maximum Gasteiger partial charge on any atom is 0.184 e. The van der Waals surface area contributed by atoms with Crippen LogP contribution in [-0.2, 0) is 13.0 Å². The first-order chi connectivity index (χ1) is 7.19. The first kappa shape index (κ1) is 10.5. The number of hydrogen-bond donors (Lipinski definition) is 1. The molecule has 4 heteroatoms. The van der Waals surface area contributed by atoms with E-state index in [-0.39, 0.29) is 17.2 Å². The summed E-state index contributed by atoms with van der Waals surface area (Å²) in [6, 6.07) is 3.30. The van der Waals surface area contributed by atoms with Crippen molar-refractivity contribution < 1.29 is 8.81 Å². The first-order valence-electron chi connectivity index (χ1n) is 4.77. The maximum atomic E-state index is 13.6. The van der Waals surface area contributed by atoms with Crippen LogP contribution in [0.4, 0.5) is 4.39 Å². The molecule has 0 saturated heterocycles. The van der Waals surface area contributed by atoms with Crippen molar-refractivity contribution in [3.63, 3.8) is 0 Å². The SMILES string of the molecule is CCc1c(CN)oc2c(F)c(Cl)ccc12. The minimum atomic E-state index is -0.511. The van der Waals surface area contributed by atoms with Gasteiger partial charge in [0, 0.05) is 10.9 Å². The first-order valence-corrected chi connectivity index (χ1v) is 5.15. The molecule has 0 spiro atoms. The summed E-state index contributed by atoms with van der Waals surface area (Å²) in [6.45, 7) is 2.25. The summed E-state index contributed by atoms with van der Waals surface area (Å²) in [5.41, 5.74) is 6.70. The molecular formula is C11H11ClFNO. The average molecular weight is 228 g/mol. The molecule has 2 N–H and O–H groups in total. The highest BCUT2D eigenvalue weighted by atomic mass is 35.5. The van der Waals surface area contributed by atoms with Gasteiger partial charge in [-0.25, -0.2) is 4.39 Å². The van der Waals surface area contributed by atoms with E-state index in [1.54, 1.807) is 6.07 Å². The quantitative estimate of drug-likeness (QED) is 0.856. The fraction of sp³-hybridized carbons (Fsp3) is 0.273. The summed E-state index contributed by atoms with van der Waals surface area (Å²) < 4.78 is 19.0. The maximum absolute atomic E-state index is 13.6. The second kappa shape index (κ2) is 3.83. The number of aryl methyl sites for hydroxylation is 1. The lowest BCUT2D eigenvalue weighted by atomic mass is 10.1. The van der Waals surface area contributed by atoms with Gasteiger partial charge in [0.25, 0.3) is 0 Å². The fourth-order valence-electron chi connectivity index (χ4n) is 1.76. The Kier molecular flexibility index (Phi) is 2.67. The largest absolute Gasteiger partial charge is 0.456 e. The number of furan rings is 1. The zero-order valence-electron chi connectivity index (χ0n) is 8.31. The molecule has 2 nitrogen and oxygen atoms in total. The number of hydrogen-bond acceptors (Lipinski definition) is 2. The predicted molar refractivity (Wildman–Crippen MR) is 58.5 cm³/mol. The molecule has 2 rings (SSSR count). The number of halogens is 2. The lowest BCUT2D eigenvalue weighted by Crippen LogP contribution is -1.97. The third-order valence-electron chi connectivity index (χ3n) is 2.48. The molecule has 0 aliphatic rings. The fourth-order valence-corrected chi connectivity index (χ4v) is 1.91. The Bertz CT molecular complexity index is 507. The van der Waals surface area contributed by atoms with E-state index in [9.17, 15) is 4.39 Å². The van der Waals surface area contributed by atoms with Crippen LogP contribution in [0, 0.1) is 5.82 Å². The van der Waals surface area contributed by atoms with E-state index in [1.165, 1.54) is 6.07 Å². The van der Waals surface area contributed by atoms with Gasteiger partial charge in [-0.1, -0.05) is 18.5 Å². The van der Waals surface area contributed by atoms with Gasteiger partial charge in [0.15, 0.2) is 11.4 Å². The molecule has 0 fully saturated rings. The molecule has 0 amide bonds. The van der Waals surface area contributed by atoms with Crippen LogP contribution >= 0.6 is 11.6 Å². The Morgan fingerprint density at radius 1 is 1.47 bits per heavy atom. The van der Waals surface area contributed by atoms with Gasteiger partial charge in [-0.2, -0.15) is 0 Å². The highest BCUT2D eigenvalue weighted by Gasteiger charge is 2.16. The highest BCUT2D eigenvalue weighted by molar-refractivity contribution is 6.31. The van der Waals surface area contributed by atoms with Crippen molar-refractivity contribution in [1.82, 2.24) is 0 Å². The Hall–Kier alpha value is -1.06. The van der Waals surface area contributed by atoms with Crippen LogP contribution < -0.4 is 5.73 Å². The summed E-state index contributed by atoms with van der Waals surface area (Å²) in [7, 11) is 0. The summed E-state index contributed by atoms with van der Waals surface area (Å²) in [4.78, 5) is 0. The van der Waals surface area contributed by atoms with E-state index >= 15 is 0 Å². The van der Waals surface area contributed by atoms with Gasteiger partial charge in [0.05, 0.1) is 11.6 Å². The molecule has 1 aromatic heterocycles. The van der Waals surface area contributed by atoms with E-state index in [2.05, 4.69) is 0 Å². The van der Waals surface area contributed by atoms with Crippen LogP contribution in [0.25, 0.3) is 11.0 Å². The minimum absolute atomic E-state index is 0.0717. The van der Waals surface area contributed by atoms with Gasteiger partial charge in [-0.15, -0.1) is 0 Å².